The molecule has 136 valence electrons. The van der Waals surface area contributed by atoms with E-state index in [1.54, 1.807) is 31.2 Å². The largest absolute Gasteiger partial charge is 0.481 e. The van der Waals surface area contributed by atoms with Gasteiger partial charge < -0.3 is 15.2 Å². The zero-order chi connectivity index (χ0) is 18.7. The van der Waals surface area contributed by atoms with Gasteiger partial charge in [0.1, 0.15) is 4.88 Å². The third-order valence-corrected chi connectivity index (χ3v) is 5.44. The molecule has 1 aliphatic carbocycles. The molecule has 0 unspecified atom stereocenters. The van der Waals surface area contributed by atoms with Crippen LogP contribution >= 0.6 is 11.3 Å². The van der Waals surface area contributed by atoms with Gasteiger partial charge in [-0.25, -0.2) is 4.79 Å². The fourth-order valence-electron chi connectivity index (χ4n) is 3.04. The van der Waals surface area contributed by atoms with Crippen molar-refractivity contribution < 1.29 is 24.2 Å². The van der Waals surface area contributed by atoms with Gasteiger partial charge in [-0.1, -0.05) is 12.2 Å². The molecule has 26 heavy (non-hydrogen) atoms. The van der Waals surface area contributed by atoms with Crippen molar-refractivity contribution in [2.45, 2.75) is 19.8 Å². The Labute approximate surface area is 154 Å². The number of allylic oxidation sites excluding steroid dienone is 2. The van der Waals surface area contributed by atoms with E-state index in [-0.39, 0.29) is 11.9 Å². The summed E-state index contributed by atoms with van der Waals surface area (Å²) < 4.78 is 5.92. The van der Waals surface area contributed by atoms with Gasteiger partial charge in [0.15, 0.2) is 0 Å². The molecule has 0 aliphatic heterocycles. The van der Waals surface area contributed by atoms with Crippen LogP contribution in [0, 0.1) is 11.8 Å². The van der Waals surface area contributed by atoms with E-state index < -0.39 is 17.8 Å². The summed E-state index contributed by atoms with van der Waals surface area (Å²) in [6, 6.07) is 7.09. The van der Waals surface area contributed by atoms with E-state index in [0.29, 0.717) is 30.0 Å². The van der Waals surface area contributed by atoms with Crippen molar-refractivity contribution >= 4 is 45.0 Å². The smallest absolute Gasteiger partial charge is 0.348 e. The molecule has 1 aliphatic rings. The lowest BCUT2D eigenvalue weighted by Crippen LogP contribution is -2.34. The van der Waals surface area contributed by atoms with E-state index in [1.165, 1.54) is 11.3 Å². The number of thiophene rings is 1. The van der Waals surface area contributed by atoms with Crippen molar-refractivity contribution in [3.05, 3.63) is 41.3 Å². The second-order valence-electron chi connectivity index (χ2n) is 6.07. The summed E-state index contributed by atoms with van der Waals surface area (Å²) in [4.78, 5) is 36.2. The summed E-state index contributed by atoms with van der Waals surface area (Å²) in [6.45, 7) is 2.07. The standard InChI is InChI=1S/C19H19NO5S/c1-2-25-19(24)16-10-11-9-12(7-8-15(11)26-16)20-17(21)13-5-3-4-6-14(13)18(22)23/h3-4,7-10,13-14H,2,5-6H2,1H3,(H,20,21)(H,22,23)/t13-,14-/m1/s1. The zero-order valence-electron chi connectivity index (χ0n) is 14.2. The van der Waals surface area contributed by atoms with Crippen LogP contribution in [0.4, 0.5) is 5.69 Å². The van der Waals surface area contributed by atoms with E-state index in [0.717, 1.165) is 10.1 Å². The fourth-order valence-corrected chi connectivity index (χ4v) is 3.97. The van der Waals surface area contributed by atoms with Crippen LogP contribution in [0.3, 0.4) is 0 Å². The van der Waals surface area contributed by atoms with Crippen molar-refractivity contribution in [2.24, 2.45) is 11.8 Å². The first-order valence-electron chi connectivity index (χ1n) is 8.39. The molecule has 0 bridgehead atoms. The number of anilines is 1. The number of carbonyl (C=O) groups excluding carboxylic acids is 2. The van der Waals surface area contributed by atoms with Crippen LogP contribution in [0.2, 0.25) is 0 Å². The lowest BCUT2D eigenvalue weighted by molar-refractivity contribution is -0.146. The van der Waals surface area contributed by atoms with Gasteiger partial charge in [-0.05, 0) is 49.4 Å². The number of carboxylic acids is 1. The number of benzene rings is 1. The predicted molar refractivity (Wildman–Crippen MR) is 99.4 cm³/mol. The molecule has 2 atom stereocenters. The summed E-state index contributed by atoms with van der Waals surface area (Å²) in [5, 5.41) is 12.9. The van der Waals surface area contributed by atoms with Gasteiger partial charge in [-0.15, -0.1) is 11.3 Å². The van der Waals surface area contributed by atoms with Crippen LogP contribution in [0.1, 0.15) is 29.4 Å². The average molecular weight is 373 g/mol. The van der Waals surface area contributed by atoms with Crippen molar-refractivity contribution in [3.8, 4) is 0 Å². The Hall–Kier alpha value is -2.67. The minimum Gasteiger partial charge on any atom is -0.481 e. The number of nitrogens with one attached hydrogen (secondary N) is 1. The lowest BCUT2D eigenvalue weighted by Gasteiger charge is -2.24. The van der Waals surface area contributed by atoms with Gasteiger partial charge in [0, 0.05) is 10.4 Å². The van der Waals surface area contributed by atoms with Crippen molar-refractivity contribution in [3.63, 3.8) is 0 Å². The maximum Gasteiger partial charge on any atom is 0.348 e. The molecule has 0 saturated heterocycles. The molecule has 3 rings (SSSR count). The third kappa shape index (κ3) is 3.77. The summed E-state index contributed by atoms with van der Waals surface area (Å²) in [7, 11) is 0. The maximum atomic E-state index is 12.5. The Morgan fingerprint density at radius 1 is 1.19 bits per heavy atom. The lowest BCUT2D eigenvalue weighted by atomic mass is 9.82. The van der Waals surface area contributed by atoms with Gasteiger partial charge in [0.05, 0.1) is 18.4 Å². The summed E-state index contributed by atoms with van der Waals surface area (Å²) in [5.41, 5.74) is 0.578. The number of carbonyl (C=O) groups is 3. The Balaban J connectivity index is 1.78. The van der Waals surface area contributed by atoms with E-state index in [9.17, 15) is 19.5 Å². The van der Waals surface area contributed by atoms with E-state index in [1.807, 2.05) is 12.1 Å². The molecule has 0 saturated carbocycles. The molecule has 1 amide bonds. The number of amides is 1. The molecule has 1 heterocycles. The van der Waals surface area contributed by atoms with Crippen LogP contribution in [-0.2, 0) is 14.3 Å². The van der Waals surface area contributed by atoms with Gasteiger partial charge >= 0.3 is 11.9 Å². The Bertz CT molecular complexity index is 885. The molecule has 1 aromatic carbocycles. The monoisotopic (exact) mass is 373 g/mol. The normalized spacial score (nSPS) is 19.3. The number of fused-ring (bicyclic) bond motifs is 1. The summed E-state index contributed by atoms with van der Waals surface area (Å²) in [6.07, 6.45) is 4.42. The second kappa shape index (κ2) is 7.70. The first-order valence-corrected chi connectivity index (χ1v) is 9.20. The first-order chi connectivity index (χ1) is 12.5. The average Bonchev–Trinajstić information content (AvgIpc) is 3.05. The first kappa shape index (κ1) is 18.1. The van der Waals surface area contributed by atoms with Crippen molar-refractivity contribution in [1.82, 2.24) is 0 Å². The van der Waals surface area contributed by atoms with E-state index in [2.05, 4.69) is 5.32 Å². The molecule has 0 spiro atoms. The van der Waals surface area contributed by atoms with E-state index in [4.69, 9.17) is 4.74 Å². The Morgan fingerprint density at radius 3 is 2.62 bits per heavy atom. The highest BCUT2D eigenvalue weighted by atomic mass is 32.1. The highest BCUT2D eigenvalue weighted by molar-refractivity contribution is 7.20. The Kier molecular flexibility index (Phi) is 5.37. The van der Waals surface area contributed by atoms with Crippen LogP contribution in [-0.4, -0.2) is 29.6 Å². The summed E-state index contributed by atoms with van der Waals surface area (Å²) in [5.74, 6) is -2.92. The highest BCUT2D eigenvalue weighted by Crippen LogP contribution is 2.30. The van der Waals surface area contributed by atoms with Gasteiger partial charge in [-0.2, -0.15) is 0 Å². The topological polar surface area (TPSA) is 92.7 Å². The van der Waals surface area contributed by atoms with Crippen molar-refractivity contribution in [2.75, 3.05) is 11.9 Å². The minimum atomic E-state index is -0.957. The number of hydrogen-bond donors (Lipinski definition) is 2. The van der Waals surface area contributed by atoms with E-state index >= 15 is 0 Å². The zero-order valence-corrected chi connectivity index (χ0v) is 15.0. The van der Waals surface area contributed by atoms with Gasteiger partial charge in [0.2, 0.25) is 5.91 Å². The molecule has 0 fully saturated rings. The number of hydrogen-bond acceptors (Lipinski definition) is 5. The van der Waals surface area contributed by atoms with Gasteiger partial charge in [0.25, 0.3) is 0 Å². The second-order valence-corrected chi connectivity index (χ2v) is 7.15. The predicted octanol–water partition coefficient (Wildman–Crippen LogP) is 3.68. The Morgan fingerprint density at radius 2 is 1.92 bits per heavy atom. The number of esters is 1. The minimum absolute atomic E-state index is 0.304. The number of rotatable bonds is 5. The van der Waals surface area contributed by atoms with Gasteiger partial charge in [-0.3, -0.25) is 9.59 Å². The molecular formula is C19H19NO5S. The van der Waals surface area contributed by atoms with Crippen LogP contribution < -0.4 is 5.32 Å². The number of aliphatic carboxylic acids is 1. The van der Waals surface area contributed by atoms with Crippen LogP contribution in [0.15, 0.2) is 36.4 Å². The SMILES string of the molecule is CCOC(=O)c1cc2cc(NC(=O)[C@@H]3CC=CC[C@H]3C(=O)O)ccc2s1. The molecule has 2 aromatic rings. The fraction of sp³-hybridized carbons (Fsp3) is 0.316. The summed E-state index contributed by atoms with van der Waals surface area (Å²) >= 11 is 1.33. The van der Waals surface area contributed by atoms with Crippen LogP contribution in [0.5, 0.6) is 0 Å². The van der Waals surface area contributed by atoms with Crippen LogP contribution in [0.25, 0.3) is 10.1 Å². The molecule has 1 aromatic heterocycles. The van der Waals surface area contributed by atoms with Crippen molar-refractivity contribution in [1.29, 1.82) is 0 Å². The highest BCUT2D eigenvalue weighted by Gasteiger charge is 2.33. The number of ether oxygens (including phenoxy) is 1. The molecule has 2 N–H and O–H groups in total. The maximum absolute atomic E-state index is 12.5. The molecule has 7 heteroatoms. The molecule has 0 radical (unpaired) electrons. The third-order valence-electron chi connectivity index (χ3n) is 4.35. The number of carboxylic acid groups (broad SMARTS) is 1. The molecule has 6 nitrogen and oxygen atoms in total. The quantitative estimate of drug-likeness (QED) is 0.616. The molecular weight excluding hydrogens is 354 g/mol.